The van der Waals surface area contributed by atoms with E-state index in [-0.39, 0.29) is 12.0 Å². The van der Waals surface area contributed by atoms with Crippen molar-refractivity contribution in [2.24, 2.45) is 17.8 Å². The Morgan fingerprint density at radius 2 is 1.88 bits per heavy atom. The maximum absolute atomic E-state index is 10.4. The van der Waals surface area contributed by atoms with E-state index in [1.165, 1.54) is 32.1 Å². The van der Waals surface area contributed by atoms with E-state index in [0.29, 0.717) is 11.8 Å². The number of aliphatic hydroxyl groups excluding tert-OH is 1. The van der Waals surface area contributed by atoms with E-state index in [9.17, 15) is 5.11 Å². The summed E-state index contributed by atoms with van der Waals surface area (Å²) in [5.41, 5.74) is 0. The summed E-state index contributed by atoms with van der Waals surface area (Å²) in [6.45, 7) is 6.39. The highest BCUT2D eigenvalue weighted by Gasteiger charge is 2.30. The first kappa shape index (κ1) is 15.5. The summed E-state index contributed by atoms with van der Waals surface area (Å²) >= 11 is 7.08. The predicted molar refractivity (Wildman–Crippen MR) is 81.6 cm³/mol. The van der Waals surface area contributed by atoms with E-state index in [1.54, 1.807) is 11.8 Å². The molecule has 0 aromatic heterocycles. The van der Waals surface area contributed by atoms with Gasteiger partial charge in [0.05, 0.1) is 10.3 Å². The number of thioether (sulfide) groups is 1. The number of hydrogen-bond donors (Lipinski definition) is 1. The van der Waals surface area contributed by atoms with Crippen LogP contribution < -0.4 is 0 Å². The molecule has 1 nitrogen and oxygen atoms in total. The summed E-state index contributed by atoms with van der Waals surface area (Å²) in [6.07, 6.45) is 6.37. The fraction of sp³-hybridized carbons (Fsp3) is 0.929. The molecule has 0 radical (unpaired) electrons. The van der Waals surface area contributed by atoms with Crippen LogP contribution in [0.15, 0.2) is 0 Å². The second-order valence-corrected chi connectivity index (χ2v) is 7.29. The maximum atomic E-state index is 10.4. The van der Waals surface area contributed by atoms with E-state index < -0.39 is 0 Å². The largest absolute Gasteiger partial charge is 0.392 e. The van der Waals surface area contributed by atoms with Gasteiger partial charge in [-0.15, -0.1) is 11.8 Å². The van der Waals surface area contributed by atoms with Crippen LogP contribution in [0.2, 0.25) is 0 Å². The average Bonchev–Trinajstić information content (AvgIpc) is 2.37. The lowest BCUT2D eigenvalue weighted by atomic mass is 9.76. The first-order valence-electron chi connectivity index (χ1n) is 6.92. The van der Waals surface area contributed by atoms with Crippen molar-refractivity contribution >= 4 is 28.2 Å². The Morgan fingerprint density at radius 1 is 1.29 bits per heavy atom. The summed E-state index contributed by atoms with van der Waals surface area (Å²) in [6, 6.07) is 0. The van der Waals surface area contributed by atoms with Crippen molar-refractivity contribution in [2.45, 2.75) is 59.0 Å². The standard InChI is InChI=1S/C14H26OS2/c1-4-17-14(16)11(3)13(15)10(2)12-8-6-5-7-9-12/h10-13,15H,4-9H2,1-3H3/t10-,11+,13+/m1/s1. The van der Waals surface area contributed by atoms with Crippen molar-refractivity contribution in [3.05, 3.63) is 0 Å². The van der Waals surface area contributed by atoms with Gasteiger partial charge in [-0.3, -0.25) is 0 Å². The van der Waals surface area contributed by atoms with Crippen LogP contribution in [0.25, 0.3) is 0 Å². The number of hydrogen-bond acceptors (Lipinski definition) is 3. The van der Waals surface area contributed by atoms with Crippen molar-refractivity contribution in [1.82, 2.24) is 0 Å². The first-order valence-corrected chi connectivity index (χ1v) is 8.32. The molecule has 0 aliphatic heterocycles. The summed E-state index contributed by atoms with van der Waals surface area (Å²) in [5.74, 6) is 2.25. The van der Waals surface area contributed by atoms with E-state index in [4.69, 9.17) is 12.2 Å². The van der Waals surface area contributed by atoms with E-state index in [1.807, 2.05) is 0 Å². The molecule has 0 aromatic carbocycles. The Kier molecular flexibility index (Phi) is 7.05. The van der Waals surface area contributed by atoms with Gasteiger partial charge in [0.1, 0.15) is 0 Å². The minimum absolute atomic E-state index is 0.145. The van der Waals surface area contributed by atoms with Crippen LogP contribution in [0.5, 0.6) is 0 Å². The molecule has 1 aliphatic rings. The Balaban J connectivity index is 2.49. The van der Waals surface area contributed by atoms with Gasteiger partial charge in [-0.25, -0.2) is 0 Å². The van der Waals surface area contributed by atoms with Gasteiger partial charge in [0.25, 0.3) is 0 Å². The molecular formula is C14H26OS2. The van der Waals surface area contributed by atoms with Crippen LogP contribution in [-0.4, -0.2) is 21.2 Å². The minimum Gasteiger partial charge on any atom is -0.392 e. The lowest BCUT2D eigenvalue weighted by Gasteiger charge is -2.33. The third-order valence-electron chi connectivity index (χ3n) is 4.10. The summed E-state index contributed by atoms with van der Waals surface area (Å²) in [4.78, 5) is 0. The van der Waals surface area contributed by atoms with E-state index >= 15 is 0 Å². The second kappa shape index (κ2) is 7.75. The molecule has 1 rings (SSSR count). The molecule has 0 amide bonds. The summed E-state index contributed by atoms with van der Waals surface area (Å²) < 4.78 is 0.975. The van der Waals surface area contributed by atoms with Gasteiger partial charge in [-0.2, -0.15) is 0 Å². The highest BCUT2D eigenvalue weighted by Crippen LogP contribution is 2.34. The van der Waals surface area contributed by atoms with Gasteiger partial charge in [-0.05, 0) is 17.6 Å². The molecule has 0 heterocycles. The maximum Gasteiger partial charge on any atom is 0.0647 e. The lowest BCUT2D eigenvalue weighted by Crippen LogP contribution is -2.34. The quantitative estimate of drug-likeness (QED) is 0.756. The second-order valence-electron chi connectivity index (χ2n) is 5.29. The molecule has 0 bridgehead atoms. The van der Waals surface area contributed by atoms with Crippen molar-refractivity contribution in [3.8, 4) is 0 Å². The van der Waals surface area contributed by atoms with Crippen molar-refractivity contribution < 1.29 is 5.11 Å². The fourth-order valence-electron chi connectivity index (χ4n) is 2.81. The Hall–Kier alpha value is 0.400. The molecule has 1 aliphatic carbocycles. The summed E-state index contributed by atoms with van der Waals surface area (Å²) in [5, 5.41) is 10.4. The van der Waals surface area contributed by atoms with Gasteiger partial charge in [0, 0.05) is 5.92 Å². The van der Waals surface area contributed by atoms with Crippen LogP contribution in [0.1, 0.15) is 52.9 Å². The zero-order chi connectivity index (χ0) is 12.8. The molecular weight excluding hydrogens is 248 g/mol. The molecule has 1 saturated carbocycles. The summed E-state index contributed by atoms with van der Waals surface area (Å²) in [7, 11) is 0. The van der Waals surface area contributed by atoms with Crippen LogP contribution >= 0.6 is 24.0 Å². The van der Waals surface area contributed by atoms with Gasteiger partial charge in [-0.1, -0.05) is 65.1 Å². The van der Waals surface area contributed by atoms with Crippen LogP contribution in [-0.2, 0) is 0 Å². The Bertz CT molecular complexity index is 236. The number of thiocarbonyl (C=S) groups is 1. The van der Waals surface area contributed by atoms with Crippen LogP contribution in [0.3, 0.4) is 0 Å². The molecule has 3 atom stereocenters. The van der Waals surface area contributed by atoms with Crippen molar-refractivity contribution in [2.75, 3.05) is 5.75 Å². The highest BCUT2D eigenvalue weighted by molar-refractivity contribution is 8.23. The third-order valence-corrected chi connectivity index (χ3v) is 5.77. The average molecular weight is 274 g/mol. The molecule has 0 saturated heterocycles. The molecule has 100 valence electrons. The predicted octanol–water partition coefficient (Wildman–Crippen LogP) is 4.28. The number of aliphatic hydroxyl groups is 1. The molecule has 1 fully saturated rings. The molecule has 0 unspecified atom stereocenters. The Morgan fingerprint density at radius 3 is 2.41 bits per heavy atom. The Labute approximate surface area is 116 Å². The molecule has 1 N–H and O–H groups in total. The van der Waals surface area contributed by atoms with Gasteiger partial charge in [0.2, 0.25) is 0 Å². The molecule has 0 spiro atoms. The van der Waals surface area contributed by atoms with E-state index in [0.717, 1.165) is 9.95 Å². The van der Waals surface area contributed by atoms with Gasteiger partial charge >= 0.3 is 0 Å². The normalized spacial score (nSPS) is 23.1. The SMILES string of the molecule is CCSC(=S)[C@@H](C)[C@@H](O)[C@H](C)C1CCCCC1. The van der Waals surface area contributed by atoms with E-state index in [2.05, 4.69) is 20.8 Å². The third kappa shape index (κ3) is 4.53. The highest BCUT2D eigenvalue weighted by atomic mass is 32.2. The zero-order valence-corrected chi connectivity index (χ0v) is 12.9. The smallest absolute Gasteiger partial charge is 0.0647 e. The van der Waals surface area contributed by atoms with Gasteiger partial charge < -0.3 is 5.11 Å². The van der Waals surface area contributed by atoms with Crippen molar-refractivity contribution in [3.63, 3.8) is 0 Å². The monoisotopic (exact) mass is 274 g/mol. The van der Waals surface area contributed by atoms with Crippen molar-refractivity contribution in [1.29, 1.82) is 0 Å². The lowest BCUT2D eigenvalue weighted by molar-refractivity contribution is 0.0493. The molecule has 3 heteroatoms. The topological polar surface area (TPSA) is 20.2 Å². The fourth-order valence-corrected chi connectivity index (χ4v) is 3.99. The van der Waals surface area contributed by atoms with Crippen LogP contribution in [0.4, 0.5) is 0 Å². The van der Waals surface area contributed by atoms with Gasteiger partial charge in [0.15, 0.2) is 0 Å². The number of rotatable bonds is 5. The molecule has 17 heavy (non-hydrogen) atoms. The zero-order valence-electron chi connectivity index (χ0n) is 11.3. The first-order chi connectivity index (χ1) is 8.07. The molecule has 0 aromatic rings. The van der Waals surface area contributed by atoms with Crippen LogP contribution in [0, 0.1) is 17.8 Å². The minimum atomic E-state index is -0.260.